The van der Waals surface area contributed by atoms with Gasteiger partial charge in [0.05, 0.1) is 23.9 Å². The maximum absolute atomic E-state index is 12.9. The molecule has 0 fully saturated rings. The minimum absolute atomic E-state index is 0.513. The molecule has 0 spiro atoms. The Morgan fingerprint density at radius 3 is 2.54 bits per heavy atom. The monoisotopic (exact) mass is 427 g/mol. The van der Waals surface area contributed by atoms with E-state index in [1.54, 1.807) is 18.2 Å². The summed E-state index contributed by atoms with van der Waals surface area (Å²) in [7, 11) is 0. The maximum Gasteiger partial charge on any atom is 0.417 e. The fourth-order valence-corrected chi connectivity index (χ4v) is 2.41. The molecule has 2 amide bonds. The zero-order valence-corrected chi connectivity index (χ0v) is 14.8. The van der Waals surface area contributed by atoms with Gasteiger partial charge < -0.3 is 5.32 Å². The van der Waals surface area contributed by atoms with Crippen molar-refractivity contribution < 1.29 is 22.8 Å². The van der Waals surface area contributed by atoms with Gasteiger partial charge in [-0.15, -0.1) is 0 Å². The summed E-state index contributed by atoms with van der Waals surface area (Å²) in [5.74, 6) is -1.67. The van der Waals surface area contributed by atoms with Crippen LogP contribution in [0.1, 0.15) is 21.5 Å². The Labute approximate surface area is 155 Å². The number of alkyl halides is 3. The normalized spacial score (nSPS) is 11.4. The summed E-state index contributed by atoms with van der Waals surface area (Å²) in [6.07, 6.45) is -3.27. The number of nitrogens with zero attached hydrogens (tertiary/aromatic N) is 1. The zero-order valence-electron chi connectivity index (χ0n) is 13.2. The van der Waals surface area contributed by atoms with Crippen LogP contribution in [-0.2, 0) is 11.0 Å². The van der Waals surface area contributed by atoms with Gasteiger partial charge in [0.1, 0.15) is 0 Å². The van der Waals surface area contributed by atoms with E-state index in [1.807, 2.05) is 6.07 Å². The lowest BCUT2D eigenvalue weighted by molar-refractivity contribution is -0.137. The predicted molar refractivity (Wildman–Crippen MR) is 93.7 cm³/mol. The molecule has 0 saturated heterocycles. The highest BCUT2D eigenvalue weighted by Crippen LogP contribution is 2.31. The minimum Gasteiger partial charge on any atom is -0.343 e. The molecular formula is C17H13BrF3N3O2. The van der Waals surface area contributed by atoms with E-state index >= 15 is 0 Å². The molecule has 0 radical (unpaired) electrons. The summed E-state index contributed by atoms with van der Waals surface area (Å²) < 4.78 is 39.5. The van der Waals surface area contributed by atoms with Crippen LogP contribution in [0.2, 0.25) is 0 Å². The number of benzene rings is 2. The third-order valence-corrected chi connectivity index (χ3v) is 3.63. The molecule has 136 valence electrons. The number of nitrogens with one attached hydrogen (secondary N) is 2. The second-order valence-corrected chi connectivity index (χ2v) is 5.99. The van der Waals surface area contributed by atoms with Gasteiger partial charge in [0.2, 0.25) is 0 Å². The lowest BCUT2D eigenvalue weighted by Gasteiger charge is -2.12. The largest absolute Gasteiger partial charge is 0.417 e. The van der Waals surface area contributed by atoms with Crippen LogP contribution in [0.25, 0.3) is 0 Å². The van der Waals surface area contributed by atoms with Crippen LogP contribution in [0, 0.1) is 0 Å². The van der Waals surface area contributed by atoms with Crippen molar-refractivity contribution in [3.8, 4) is 0 Å². The maximum atomic E-state index is 12.9. The number of carbonyl (C=O) groups is 2. The lowest BCUT2D eigenvalue weighted by atomic mass is 10.1. The fourth-order valence-electron chi connectivity index (χ4n) is 1.99. The molecule has 0 aliphatic heterocycles. The standard InChI is InChI=1S/C17H13BrF3N3O2/c18-12-5-3-4-11(8-12)9-23-24-15(25)10-22-16(26)13-6-1-2-7-14(13)17(19,20)21/h1-9H,10H2,(H,22,26)(H,24,25)/b23-9+. The smallest absolute Gasteiger partial charge is 0.343 e. The average molecular weight is 428 g/mol. The summed E-state index contributed by atoms with van der Waals surface area (Å²) >= 11 is 3.29. The van der Waals surface area contributed by atoms with E-state index in [9.17, 15) is 22.8 Å². The van der Waals surface area contributed by atoms with Gasteiger partial charge in [0.25, 0.3) is 11.8 Å². The first-order chi connectivity index (χ1) is 12.3. The molecule has 0 atom stereocenters. The van der Waals surface area contributed by atoms with E-state index < -0.39 is 35.7 Å². The van der Waals surface area contributed by atoms with Crippen LogP contribution in [0.4, 0.5) is 13.2 Å². The van der Waals surface area contributed by atoms with E-state index in [0.29, 0.717) is 0 Å². The zero-order chi connectivity index (χ0) is 19.2. The Morgan fingerprint density at radius 2 is 1.85 bits per heavy atom. The van der Waals surface area contributed by atoms with E-state index in [2.05, 4.69) is 31.8 Å². The summed E-state index contributed by atoms with van der Waals surface area (Å²) in [6.45, 7) is -0.513. The molecule has 0 heterocycles. The summed E-state index contributed by atoms with van der Waals surface area (Å²) in [6, 6.07) is 11.5. The molecule has 26 heavy (non-hydrogen) atoms. The van der Waals surface area contributed by atoms with E-state index in [4.69, 9.17) is 0 Å². The van der Waals surface area contributed by atoms with Gasteiger partial charge in [-0.1, -0.05) is 40.2 Å². The topological polar surface area (TPSA) is 70.6 Å². The van der Waals surface area contributed by atoms with Crippen LogP contribution in [0.5, 0.6) is 0 Å². The molecule has 9 heteroatoms. The molecular weight excluding hydrogens is 415 g/mol. The Hall–Kier alpha value is -2.68. The third-order valence-electron chi connectivity index (χ3n) is 3.14. The summed E-state index contributed by atoms with van der Waals surface area (Å²) in [4.78, 5) is 23.6. The van der Waals surface area contributed by atoms with Gasteiger partial charge in [0.15, 0.2) is 0 Å². The van der Waals surface area contributed by atoms with Crippen LogP contribution >= 0.6 is 15.9 Å². The minimum atomic E-state index is -4.66. The molecule has 2 aromatic rings. The van der Waals surface area contributed by atoms with Crippen LogP contribution < -0.4 is 10.7 Å². The number of hydrogen-bond acceptors (Lipinski definition) is 3. The quantitative estimate of drug-likeness (QED) is 0.567. The van der Waals surface area contributed by atoms with Crippen LogP contribution in [0.15, 0.2) is 58.1 Å². The van der Waals surface area contributed by atoms with Gasteiger partial charge in [-0.25, -0.2) is 5.43 Å². The first-order valence-corrected chi connectivity index (χ1v) is 8.08. The molecule has 0 saturated carbocycles. The Morgan fingerprint density at radius 1 is 1.12 bits per heavy atom. The molecule has 2 rings (SSSR count). The van der Waals surface area contributed by atoms with Gasteiger partial charge >= 0.3 is 6.18 Å². The van der Waals surface area contributed by atoms with Crippen molar-refractivity contribution in [3.63, 3.8) is 0 Å². The van der Waals surface area contributed by atoms with Crippen LogP contribution in [-0.4, -0.2) is 24.6 Å². The first-order valence-electron chi connectivity index (χ1n) is 7.29. The molecule has 0 aromatic heterocycles. The lowest BCUT2D eigenvalue weighted by Crippen LogP contribution is -2.35. The van der Waals surface area contributed by atoms with E-state index in [-0.39, 0.29) is 0 Å². The third kappa shape index (κ3) is 5.69. The molecule has 0 unspecified atom stereocenters. The van der Waals surface area contributed by atoms with Gasteiger partial charge in [0, 0.05) is 4.47 Å². The Balaban J connectivity index is 1.91. The molecule has 2 N–H and O–H groups in total. The van der Waals surface area contributed by atoms with Gasteiger partial charge in [-0.05, 0) is 29.8 Å². The highest BCUT2D eigenvalue weighted by atomic mass is 79.9. The number of halogens is 4. The van der Waals surface area contributed by atoms with Crippen LogP contribution in [0.3, 0.4) is 0 Å². The number of hydrogen-bond donors (Lipinski definition) is 2. The second kappa shape index (κ2) is 8.61. The van der Waals surface area contributed by atoms with Crippen molar-refractivity contribution in [2.24, 2.45) is 5.10 Å². The Kier molecular flexibility index (Phi) is 6.51. The van der Waals surface area contributed by atoms with Gasteiger partial charge in [-0.2, -0.15) is 18.3 Å². The van der Waals surface area contributed by atoms with Crippen molar-refractivity contribution in [2.75, 3.05) is 6.54 Å². The SMILES string of the molecule is O=C(CNC(=O)c1ccccc1C(F)(F)F)N/N=C/c1cccc(Br)c1. The van der Waals surface area contributed by atoms with Crippen molar-refractivity contribution in [2.45, 2.75) is 6.18 Å². The van der Waals surface area contributed by atoms with Gasteiger partial charge in [-0.3, -0.25) is 9.59 Å². The molecule has 0 aliphatic carbocycles. The number of hydrazone groups is 1. The highest BCUT2D eigenvalue weighted by molar-refractivity contribution is 9.10. The number of amides is 2. The first kappa shape index (κ1) is 19.6. The molecule has 0 aliphatic rings. The number of rotatable bonds is 5. The van der Waals surface area contributed by atoms with Crippen molar-refractivity contribution in [1.82, 2.24) is 10.7 Å². The molecule has 5 nitrogen and oxygen atoms in total. The van der Waals surface area contributed by atoms with E-state index in [0.717, 1.165) is 22.2 Å². The van der Waals surface area contributed by atoms with Crippen molar-refractivity contribution in [1.29, 1.82) is 0 Å². The van der Waals surface area contributed by atoms with E-state index in [1.165, 1.54) is 18.3 Å². The average Bonchev–Trinajstić information content (AvgIpc) is 2.59. The predicted octanol–water partition coefficient (Wildman–Crippen LogP) is 3.35. The summed E-state index contributed by atoms with van der Waals surface area (Å²) in [5.41, 5.74) is 1.29. The molecule has 0 bridgehead atoms. The van der Waals surface area contributed by atoms with Crippen molar-refractivity contribution in [3.05, 3.63) is 69.7 Å². The fraction of sp³-hybridized carbons (Fsp3) is 0.118. The van der Waals surface area contributed by atoms with Crippen molar-refractivity contribution >= 4 is 34.0 Å². The summed E-state index contributed by atoms with van der Waals surface area (Å²) in [5, 5.41) is 5.85. The molecule has 2 aromatic carbocycles. The number of carbonyl (C=O) groups excluding carboxylic acids is 2. The Bertz CT molecular complexity index is 838. The highest BCUT2D eigenvalue weighted by Gasteiger charge is 2.34. The second-order valence-electron chi connectivity index (χ2n) is 5.07.